The van der Waals surface area contributed by atoms with Gasteiger partial charge in [0.15, 0.2) is 0 Å². The lowest BCUT2D eigenvalue weighted by Gasteiger charge is -2.11. The molecule has 4 heteroatoms. The molecule has 0 aliphatic heterocycles. The van der Waals surface area contributed by atoms with Crippen LogP contribution >= 0.6 is 0 Å². The van der Waals surface area contributed by atoms with Crippen molar-refractivity contribution < 1.29 is 0 Å². The molecule has 0 amide bonds. The maximum atomic E-state index is 8.60. The largest absolute Gasteiger partial charge is 0.309 e. The van der Waals surface area contributed by atoms with E-state index in [4.69, 9.17) is 5.26 Å². The van der Waals surface area contributed by atoms with E-state index in [2.05, 4.69) is 30.3 Å². The average molecular weight is 206 g/mol. The van der Waals surface area contributed by atoms with Crippen molar-refractivity contribution in [3.8, 4) is 6.07 Å². The lowest BCUT2D eigenvalue weighted by Crippen LogP contribution is -2.27. The third-order valence-electron chi connectivity index (χ3n) is 2.44. The molecular formula is C11H18N4. The quantitative estimate of drug-likeness (QED) is 0.770. The zero-order chi connectivity index (χ0) is 11.1. The van der Waals surface area contributed by atoms with Gasteiger partial charge < -0.3 is 5.32 Å². The molecule has 0 bridgehead atoms. The Balaban J connectivity index is 2.38. The molecule has 0 radical (unpaired) electrons. The van der Waals surface area contributed by atoms with Crippen LogP contribution in [0.5, 0.6) is 0 Å². The van der Waals surface area contributed by atoms with Gasteiger partial charge in [-0.15, -0.1) is 0 Å². The fourth-order valence-electron chi connectivity index (χ4n) is 1.40. The highest BCUT2D eigenvalue weighted by atomic mass is 15.3. The van der Waals surface area contributed by atoms with Crippen molar-refractivity contribution in [2.24, 2.45) is 0 Å². The first-order valence-electron chi connectivity index (χ1n) is 5.41. The highest BCUT2D eigenvalue weighted by Gasteiger charge is 2.05. The first-order chi connectivity index (χ1) is 7.30. The van der Waals surface area contributed by atoms with Gasteiger partial charge in [-0.25, -0.2) is 0 Å². The van der Waals surface area contributed by atoms with E-state index >= 15 is 0 Å². The van der Waals surface area contributed by atoms with Crippen LogP contribution in [0.15, 0.2) is 12.4 Å². The summed E-state index contributed by atoms with van der Waals surface area (Å²) in [5, 5.41) is 16.1. The Morgan fingerprint density at radius 1 is 1.60 bits per heavy atom. The van der Waals surface area contributed by atoms with E-state index in [1.165, 1.54) is 5.56 Å². The molecule has 0 fully saturated rings. The van der Waals surface area contributed by atoms with E-state index in [0.29, 0.717) is 12.5 Å². The molecule has 0 saturated heterocycles. The molecule has 4 nitrogen and oxygen atoms in total. The van der Waals surface area contributed by atoms with Crippen LogP contribution in [0.1, 0.15) is 32.3 Å². The summed E-state index contributed by atoms with van der Waals surface area (Å²) >= 11 is 0. The monoisotopic (exact) mass is 206 g/mol. The van der Waals surface area contributed by atoms with E-state index in [9.17, 15) is 0 Å². The van der Waals surface area contributed by atoms with Crippen molar-refractivity contribution in [2.45, 2.75) is 45.8 Å². The Bertz CT molecular complexity index is 324. The smallest absolute Gasteiger partial charge is 0.0638 e. The first kappa shape index (κ1) is 11.7. The SMILES string of the molecule is CCC(CC#N)NCc1cnn(CC)c1. The number of nitrogens with one attached hydrogen (secondary N) is 1. The summed E-state index contributed by atoms with van der Waals surface area (Å²) in [6, 6.07) is 2.48. The summed E-state index contributed by atoms with van der Waals surface area (Å²) in [6.45, 7) is 5.84. The molecule has 1 aromatic rings. The Labute approximate surface area is 90.9 Å². The van der Waals surface area contributed by atoms with Gasteiger partial charge in [0.1, 0.15) is 0 Å². The second-order valence-electron chi connectivity index (χ2n) is 3.55. The van der Waals surface area contributed by atoms with Crippen molar-refractivity contribution in [1.29, 1.82) is 5.26 Å². The predicted octanol–water partition coefficient (Wildman–Crippen LogP) is 1.68. The molecule has 1 unspecified atom stereocenters. The molecule has 0 saturated carbocycles. The molecule has 15 heavy (non-hydrogen) atoms. The molecule has 1 N–H and O–H groups in total. The number of nitriles is 1. The van der Waals surface area contributed by atoms with Gasteiger partial charge in [-0.05, 0) is 13.3 Å². The topological polar surface area (TPSA) is 53.6 Å². The zero-order valence-electron chi connectivity index (χ0n) is 9.40. The van der Waals surface area contributed by atoms with Crippen LogP contribution in [-0.4, -0.2) is 15.8 Å². The van der Waals surface area contributed by atoms with Crippen molar-refractivity contribution in [2.75, 3.05) is 0 Å². The number of hydrogen-bond donors (Lipinski definition) is 1. The van der Waals surface area contributed by atoms with Crippen molar-refractivity contribution in [1.82, 2.24) is 15.1 Å². The van der Waals surface area contributed by atoms with Gasteiger partial charge >= 0.3 is 0 Å². The minimum atomic E-state index is 0.292. The van der Waals surface area contributed by atoms with Gasteiger partial charge in [-0.3, -0.25) is 4.68 Å². The Morgan fingerprint density at radius 2 is 2.40 bits per heavy atom. The van der Waals surface area contributed by atoms with Gasteiger partial charge in [0.05, 0.1) is 18.7 Å². The van der Waals surface area contributed by atoms with Crippen LogP contribution in [0.3, 0.4) is 0 Å². The van der Waals surface area contributed by atoms with Crippen LogP contribution in [0, 0.1) is 11.3 Å². The van der Waals surface area contributed by atoms with Crippen molar-refractivity contribution in [3.05, 3.63) is 18.0 Å². The maximum Gasteiger partial charge on any atom is 0.0638 e. The van der Waals surface area contributed by atoms with Crippen LogP contribution in [0.25, 0.3) is 0 Å². The number of aryl methyl sites for hydroxylation is 1. The van der Waals surface area contributed by atoms with Crippen LogP contribution in [0.4, 0.5) is 0 Å². The lowest BCUT2D eigenvalue weighted by atomic mass is 10.1. The maximum absolute atomic E-state index is 8.60. The summed E-state index contributed by atoms with van der Waals surface area (Å²) in [5.74, 6) is 0. The number of hydrogen-bond acceptors (Lipinski definition) is 3. The zero-order valence-corrected chi connectivity index (χ0v) is 9.40. The molecule has 1 aromatic heterocycles. The summed E-state index contributed by atoms with van der Waals surface area (Å²) in [6.07, 6.45) is 5.45. The van der Waals surface area contributed by atoms with Gasteiger partial charge in [-0.2, -0.15) is 10.4 Å². The van der Waals surface area contributed by atoms with Crippen LogP contribution in [-0.2, 0) is 13.1 Å². The van der Waals surface area contributed by atoms with E-state index in [1.807, 2.05) is 17.1 Å². The molecular weight excluding hydrogens is 188 g/mol. The van der Waals surface area contributed by atoms with Gasteiger partial charge in [-0.1, -0.05) is 6.92 Å². The predicted molar refractivity (Wildman–Crippen MR) is 59.0 cm³/mol. The highest BCUT2D eigenvalue weighted by molar-refractivity contribution is 5.03. The normalized spacial score (nSPS) is 12.3. The number of nitrogens with zero attached hydrogens (tertiary/aromatic N) is 3. The molecule has 0 spiro atoms. The second kappa shape index (κ2) is 6.20. The van der Waals surface area contributed by atoms with E-state index in [1.54, 1.807) is 0 Å². The lowest BCUT2D eigenvalue weighted by molar-refractivity contribution is 0.504. The fourth-order valence-corrected chi connectivity index (χ4v) is 1.40. The second-order valence-corrected chi connectivity index (χ2v) is 3.55. The third kappa shape index (κ3) is 3.72. The van der Waals surface area contributed by atoms with Gasteiger partial charge in [0.25, 0.3) is 0 Å². The van der Waals surface area contributed by atoms with E-state index < -0.39 is 0 Å². The summed E-state index contributed by atoms with van der Waals surface area (Å²) in [7, 11) is 0. The van der Waals surface area contributed by atoms with Gasteiger partial charge in [0.2, 0.25) is 0 Å². The number of rotatable bonds is 6. The molecule has 0 aliphatic carbocycles. The minimum Gasteiger partial charge on any atom is -0.309 e. The van der Waals surface area contributed by atoms with E-state index in [0.717, 1.165) is 19.5 Å². The Hall–Kier alpha value is -1.34. The standard InChI is InChI=1S/C11H18N4/c1-3-11(5-6-12)13-7-10-8-14-15(4-2)9-10/h8-9,11,13H,3-5,7H2,1-2H3. The van der Waals surface area contributed by atoms with Crippen LogP contribution in [0.2, 0.25) is 0 Å². The molecule has 1 heterocycles. The first-order valence-corrected chi connectivity index (χ1v) is 5.41. The molecule has 82 valence electrons. The highest BCUT2D eigenvalue weighted by Crippen LogP contribution is 2.01. The van der Waals surface area contributed by atoms with E-state index in [-0.39, 0.29) is 0 Å². The fraction of sp³-hybridized carbons (Fsp3) is 0.636. The molecule has 0 aromatic carbocycles. The summed E-state index contributed by atoms with van der Waals surface area (Å²) in [5.41, 5.74) is 1.17. The average Bonchev–Trinajstić information content (AvgIpc) is 2.72. The van der Waals surface area contributed by atoms with Crippen LogP contribution < -0.4 is 5.32 Å². The molecule has 1 rings (SSSR count). The third-order valence-corrected chi connectivity index (χ3v) is 2.44. The summed E-state index contributed by atoms with van der Waals surface area (Å²) in [4.78, 5) is 0. The molecule has 0 aliphatic rings. The van der Waals surface area contributed by atoms with Crippen molar-refractivity contribution >= 4 is 0 Å². The Morgan fingerprint density at radius 3 is 2.93 bits per heavy atom. The minimum absolute atomic E-state index is 0.292. The van der Waals surface area contributed by atoms with Crippen molar-refractivity contribution in [3.63, 3.8) is 0 Å². The molecule has 1 atom stereocenters. The Kier molecular flexibility index (Phi) is 4.85. The number of aromatic nitrogens is 2. The van der Waals surface area contributed by atoms with Gasteiger partial charge in [0, 0.05) is 30.9 Å². The summed E-state index contributed by atoms with van der Waals surface area (Å²) < 4.78 is 1.91.